The largest absolute Gasteiger partial charge is 0.414 e. The van der Waals surface area contributed by atoms with E-state index in [0.29, 0.717) is 17.8 Å². The molecule has 2 aliphatic rings. The fourth-order valence-corrected chi connectivity index (χ4v) is 16.7. The number of nitrogens with two attached hydrogens (primary N) is 1. The smallest absolute Gasteiger partial charge is 0.335 e. The summed E-state index contributed by atoms with van der Waals surface area (Å²) in [4.78, 5) is 8.31. The highest BCUT2D eigenvalue weighted by atomic mass is 28.5. The monoisotopic (exact) mass is 509 g/mol. The van der Waals surface area contributed by atoms with Crippen molar-refractivity contribution < 1.29 is 22.8 Å². The molecule has 0 bridgehead atoms. The highest BCUT2D eigenvalue weighted by Gasteiger charge is 2.61. The minimum absolute atomic E-state index is 0.162. The Balaban J connectivity index is 1.77. The summed E-state index contributed by atoms with van der Waals surface area (Å²) in [6, 6.07) is 0. The molecule has 10 nitrogen and oxygen atoms in total. The van der Waals surface area contributed by atoms with Gasteiger partial charge < -0.3 is 28.5 Å². The Hall–Kier alpha value is -1.42. The number of hydrogen-bond donors (Lipinski definition) is 2. The summed E-state index contributed by atoms with van der Waals surface area (Å²) < 4.78 is 28.8. The molecule has 3 N–H and O–H groups in total. The molecule has 2 aliphatic heterocycles. The molecule has 2 unspecified atom stereocenters. The Bertz CT molecular complexity index is 1000. The van der Waals surface area contributed by atoms with E-state index in [1.807, 2.05) is 0 Å². The van der Waals surface area contributed by atoms with Crippen LogP contribution in [-0.4, -0.2) is 66.7 Å². The second-order valence-corrected chi connectivity index (χ2v) is 19.6. The van der Waals surface area contributed by atoms with Gasteiger partial charge in [-0.2, -0.15) is 9.61 Å². The van der Waals surface area contributed by atoms with Gasteiger partial charge in [0.2, 0.25) is 5.95 Å². The predicted molar refractivity (Wildman–Crippen MR) is 133 cm³/mol. The van der Waals surface area contributed by atoms with E-state index in [9.17, 15) is 5.11 Å². The third kappa shape index (κ3) is 3.92. The fourth-order valence-electron chi connectivity index (χ4n) is 5.46. The van der Waals surface area contributed by atoms with E-state index in [1.54, 1.807) is 6.20 Å². The predicted octanol–water partition coefficient (Wildman–Crippen LogP) is 3.46. The Labute approximate surface area is 203 Å². The lowest BCUT2D eigenvalue weighted by Gasteiger charge is -2.51. The summed E-state index contributed by atoms with van der Waals surface area (Å²) in [5.41, 5.74) is 7.89. The SMILES string of the molecule is CC(C)[Si]1(C(C)C)OCC2OC(c3cnn4c(N)ncnc34)[C@H](O)[C@@H]2O[Si](C(C)C)(C(C)C)O1. The van der Waals surface area contributed by atoms with Crippen LogP contribution in [-0.2, 0) is 17.7 Å². The van der Waals surface area contributed by atoms with Crippen LogP contribution < -0.4 is 5.73 Å². The molecule has 2 aromatic heterocycles. The molecule has 34 heavy (non-hydrogen) atoms. The van der Waals surface area contributed by atoms with Crippen molar-refractivity contribution in [3.05, 3.63) is 18.1 Å². The van der Waals surface area contributed by atoms with E-state index in [4.69, 9.17) is 23.4 Å². The van der Waals surface area contributed by atoms with Gasteiger partial charge in [0.05, 0.1) is 12.8 Å². The average Bonchev–Trinajstić information content (AvgIpc) is 3.29. The molecule has 0 aliphatic carbocycles. The van der Waals surface area contributed by atoms with Crippen molar-refractivity contribution in [2.45, 2.75) is 102 Å². The van der Waals surface area contributed by atoms with Crippen molar-refractivity contribution in [2.24, 2.45) is 0 Å². The van der Waals surface area contributed by atoms with Gasteiger partial charge in [-0.1, -0.05) is 55.4 Å². The van der Waals surface area contributed by atoms with E-state index in [1.165, 1.54) is 10.8 Å². The lowest BCUT2D eigenvalue weighted by molar-refractivity contribution is -0.0389. The van der Waals surface area contributed by atoms with Crippen LogP contribution in [0.5, 0.6) is 0 Å². The highest BCUT2D eigenvalue weighted by Crippen LogP contribution is 2.49. The molecular weight excluding hydrogens is 470 g/mol. The minimum Gasteiger partial charge on any atom is -0.414 e. The maximum Gasteiger partial charge on any atom is 0.335 e. The summed E-state index contributed by atoms with van der Waals surface area (Å²) in [5.74, 6) is 0.221. The van der Waals surface area contributed by atoms with Crippen molar-refractivity contribution in [3.63, 3.8) is 0 Å². The summed E-state index contributed by atoms with van der Waals surface area (Å²) in [6.07, 6.45) is 0.381. The molecule has 2 fully saturated rings. The highest BCUT2D eigenvalue weighted by molar-refractivity contribution is 6.83. The van der Waals surface area contributed by atoms with Crippen LogP contribution in [0.1, 0.15) is 67.1 Å². The van der Waals surface area contributed by atoms with Gasteiger partial charge in [0.15, 0.2) is 5.65 Å². The molecule has 4 rings (SSSR count). The number of aliphatic hydroxyl groups excluding tert-OH is 1. The summed E-state index contributed by atoms with van der Waals surface area (Å²) >= 11 is 0. The first-order chi connectivity index (χ1) is 15.9. The number of hydrogen-bond acceptors (Lipinski definition) is 9. The van der Waals surface area contributed by atoms with E-state index in [0.717, 1.165) is 0 Å². The zero-order valence-electron chi connectivity index (χ0n) is 21.4. The molecule has 190 valence electrons. The maximum atomic E-state index is 11.5. The third-order valence-corrected chi connectivity index (χ3v) is 17.6. The van der Waals surface area contributed by atoms with Crippen LogP contribution in [0.4, 0.5) is 5.95 Å². The fraction of sp³-hybridized carbons (Fsp3) is 0.773. The Morgan fingerprint density at radius 3 is 2.21 bits per heavy atom. The third-order valence-electron chi connectivity index (χ3n) is 7.33. The Morgan fingerprint density at radius 1 is 1.00 bits per heavy atom. The van der Waals surface area contributed by atoms with Crippen LogP contribution in [0, 0.1) is 0 Å². The molecule has 0 amide bonds. The average molecular weight is 510 g/mol. The Morgan fingerprint density at radius 2 is 1.62 bits per heavy atom. The topological polar surface area (TPSA) is 126 Å². The van der Waals surface area contributed by atoms with Gasteiger partial charge >= 0.3 is 17.1 Å². The van der Waals surface area contributed by atoms with Crippen LogP contribution in [0.25, 0.3) is 5.65 Å². The zero-order chi connectivity index (χ0) is 25.0. The molecule has 0 aromatic carbocycles. The van der Waals surface area contributed by atoms with Crippen molar-refractivity contribution >= 4 is 28.7 Å². The molecule has 4 atom stereocenters. The minimum atomic E-state index is -2.86. The second-order valence-electron chi connectivity index (χ2n) is 10.7. The molecule has 4 heterocycles. The van der Waals surface area contributed by atoms with Crippen LogP contribution in [0.15, 0.2) is 12.5 Å². The zero-order valence-corrected chi connectivity index (χ0v) is 23.4. The van der Waals surface area contributed by atoms with E-state index >= 15 is 0 Å². The van der Waals surface area contributed by atoms with E-state index < -0.39 is 41.5 Å². The molecule has 12 heteroatoms. The van der Waals surface area contributed by atoms with Crippen LogP contribution in [0.3, 0.4) is 0 Å². The van der Waals surface area contributed by atoms with Gasteiger partial charge in [-0.15, -0.1) is 0 Å². The number of aromatic nitrogens is 4. The van der Waals surface area contributed by atoms with Gasteiger partial charge in [0.25, 0.3) is 0 Å². The molecule has 0 radical (unpaired) electrons. The van der Waals surface area contributed by atoms with Crippen molar-refractivity contribution in [1.82, 2.24) is 19.6 Å². The number of fused-ring (bicyclic) bond motifs is 2. The van der Waals surface area contributed by atoms with E-state index in [2.05, 4.69) is 70.5 Å². The standard InChI is InChI=1S/C22H39N5O5Si2/c1-12(2)33(13(3)4)29-10-17-20(31-34(32-33,14(5)6)15(7)8)18(28)19(30-17)16-9-26-27-21(16)24-11-25-22(27)23/h9,11-15,17-20,28H,10H2,1-8H3,(H2,23,24,25)/t17?,18-,19?,20+/m0/s1. The first kappa shape index (κ1) is 25.7. The van der Waals surface area contributed by atoms with Gasteiger partial charge in [-0.3, -0.25) is 0 Å². The summed E-state index contributed by atoms with van der Waals surface area (Å²) in [7, 11) is -5.54. The normalized spacial score (nSPS) is 29.2. The molecular formula is C22H39N5O5Si2. The molecule has 0 spiro atoms. The van der Waals surface area contributed by atoms with Crippen LogP contribution >= 0.6 is 0 Å². The van der Waals surface area contributed by atoms with E-state index in [-0.39, 0.29) is 28.1 Å². The quantitative estimate of drug-likeness (QED) is 0.583. The lowest BCUT2D eigenvalue weighted by atomic mass is 10.0. The van der Waals surface area contributed by atoms with Gasteiger partial charge in [0, 0.05) is 5.56 Å². The molecule has 0 saturated carbocycles. The number of rotatable bonds is 5. The van der Waals surface area contributed by atoms with Gasteiger partial charge in [-0.05, 0) is 22.2 Å². The molecule has 2 aromatic rings. The summed E-state index contributed by atoms with van der Waals surface area (Å²) in [6.45, 7) is 17.7. The van der Waals surface area contributed by atoms with Crippen LogP contribution in [0.2, 0.25) is 22.2 Å². The lowest BCUT2D eigenvalue weighted by Crippen LogP contribution is -2.65. The van der Waals surface area contributed by atoms with Crippen molar-refractivity contribution in [2.75, 3.05) is 12.3 Å². The van der Waals surface area contributed by atoms with Gasteiger partial charge in [0.1, 0.15) is 30.7 Å². The first-order valence-electron chi connectivity index (χ1n) is 12.2. The number of ether oxygens (including phenoxy) is 1. The Kier molecular flexibility index (Phi) is 6.97. The number of nitrogens with zero attached hydrogens (tertiary/aromatic N) is 4. The number of anilines is 1. The summed E-state index contributed by atoms with van der Waals surface area (Å²) in [5, 5.41) is 15.8. The first-order valence-corrected chi connectivity index (χ1v) is 16.2. The number of nitrogen functional groups attached to an aromatic ring is 1. The van der Waals surface area contributed by atoms with Crippen molar-refractivity contribution in [3.8, 4) is 0 Å². The molecule has 2 saturated heterocycles. The van der Waals surface area contributed by atoms with Crippen molar-refractivity contribution in [1.29, 1.82) is 0 Å². The maximum absolute atomic E-state index is 11.5. The number of aliphatic hydroxyl groups is 1. The second kappa shape index (κ2) is 9.23. The van der Waals surface area contributed by atoms with Gasteiger partial charge in [-0.25, -0.2) is 9.97 Å².